The lowest BCUT2D eigenvalue weighted by atomic mass is 9.90. The van der Waals surface area contributed by atoms with Gasteiger partial charge in [-0.05, 0) is 23.5 Å². The maximum atomic E-state index is 12.3. The molecule has 2 aromatic carbocycles. The van der Waals surface area contributed by atoms with Crippen molar-refractivity contribution in [1.29, 1.82) is 0 Å². The Morgan fingerprint density at radius 3 is 2.29 bits per heavy atom. The van der Waals surface area contributed by atoms with Gasteiger partial charge in [-0.15, -0.1) is 0 Å². The second kappa shape index (κ2) is 9.40. The third-order valence-corrected chi connectivity index (χ3v) is 5.06. The number of cyclic esters (lactones) is 1. The largest absolute Gasteiger partial charge is 0.460 e. The van der Waals surface area contributed by atoms with Crippen molar-refractivity contribution in [2.45, 2.75) is 45.4 Å². The van der Waals surface area contributed by atoms with Crippen LogP contribution in [0.15, 0.2) is 60.7 Å². The summed E-state index contributed by atoms with van der Waals surface area (Å²) in [6.45, 7) is 4.21. The van der Waals surface area contributed by atoms with Crippen LogP contribution in [0.4, 0.5) is 4.79 Å². The average molecular weight is 381 g/mol. The van der Waals surface area contributed by atoms with Crippen molar-refractivity contribution >= 4 is 12.1 Å². The topological polar surface area (TPSA) is 64.6 Å². The first-order valence-electron chi connectivity index (χ1n) is 9.74. The van der Waals surface area contributed by atoms with Crippen LogP contribution in [-0.4, -0.2) is 24.2 Å². The Morgan fingerprint density at radius 1 is 1.07 bits per heavy atom. The fourth-order valence-corrected chi connectivity index (χ4v) is 3.55. The number of alkyl carbamates (subject to hydrolysis) is 1. The van der Waals surface area contributed by atoms with Gasteiger partial charge in [-0.1, -0.05) is 74.5 Å². The van der Waals surface area contributed by atoms with Gasteiger partial charge in [0, 0.05) is 6.42 Å². The number of hydrogen-bond donors (Lipinski definition) is 1. The van der Waals surface area contributed by atoms with E-state index in [0.717, 1.165) is 11.1 Å². The highest BCUT2D eigenvalue weighted by molar-refractivity contribution is 5.75. The maximum Gasteiger partial charge on any atom is 0.407 e. The van der Waals surface area contributed by atoms with Gasteiger partial charge in [-0.25, -0.2) is 4.79 Å². The standard InChI is InChI=1S/C23H27NO4/c1-16(2)21(24-23(26)27-15-18-11-7-4-8-12-18)20-14-19(22(25)28-20)13-17-9-5-3-6-10-17/h3-12,16,19-21H,13-15H2,1-2H3,(H,24,26)/t19-,20-,21-/m0/s1. The fraction of sp³-hybridized carbons (Fsp3) is 0.391. The van der Waals surface area contributed by atoms with Gasteiger partial charge in [0.05, 0.1) is 12.0 Å². The summed E-state index contributed by atoms with van der Waals surface area (Å²) in [4.78, 5) is 24.6. The zero-order chi connectivity index (χ0) is 19.9. The van der Waals surface area contributed by atoms with Crippen molar-refractivity contribution in [2.24, 2.45) is 11.8 Å². The van der Waals surface area contributed by atoms with E-state index in [1.807, 2.05) is 74.5 Å². The number of carbonyl (C=O) groups excluding carboxylic acids is 2. The minimum absolute atomic E-state index is 0.109. The first kappa shape index (κ1) is 19.9. The number of carbonyl (C=O) groups is 2. The summed E-state index contributed by atoms with van der Waals surface area (Å²) in [5, 5.41) is 2.90. The predicted molar refractivity (Wildman–Crippen MR) is 107 cm³/mol. The molecular weight excluding hydrogens is 354 g/mol. The molecule has 3 atom stereocenters. The van der Waals surface area contributed by atoms with Crippen LogP contribution < -0.4 is 5.32 Å². The molecule has 0 saturated carbocycles. The molecule has 0 spiro atoms. The summed E-state index contributed by atoms with van der Waals surface area (Å²) in [7, 11) is 0. The van der Waals surface area contributed by atoms with Crippen LogP contribution in [0.3, 0.4) is 0 Å². The van der Waals surface area contributed by atoms with E-state index in [0.29, 0.717) is 12.8 Å². The first-order chi connectivity index (χ1) is 13.5. The fourth-order valence-electron chi connectivity index (χ4n) is 3.55. The minimum Gasteiger partial charge on any atom is -0.460 e. The Labute approximate surface area is 166 Å². The molecule has 1 saturated heterocycles. The molecule has 0 bridgehead atoms. The lowest BCUT2D eigenvalue weighted by Gasteiger charge is -2.26. The number of rotatable bonds is 7. The van der Waals surface area contributed by atoms with Crippen molar-refractivity contribution < 1.29 is 19.1 Å². The molecule has 28 heavy (non-hydrogen) atoms. The molecule has 5 nitrogen and oxygen atoms in total. The van der Waals surface area contributed by atoms with E-state index >= 15 is 0 Å². The Kier molecular flexibility index (Phi) is 6.69. The molecule has 3 rings (SSSR count). The molecule has 1 amide bonds. The number of esters is 1. The number of ether oxygens (including phenoxy) is 2. The van der Waals surface area contributed by atoms with Crippen molar-refractivity contribution in [2.75, 3.05) is 0 Å². The predicted octanol–water partition coefficient (Wildman–Crippen LogP) is 4.11. The van der Waals surface area contributed by atoms with Gasteiger partial charge < -0.3 is 14.8 Å². The van der Waals surface area contributed by atoms with E-state index in [9.17, 15) is 9.59 Å². The zero-order valence-electron chi connectivity index (χ0n) is 16.3. The zero-order valence-corrected chi connectivity index (χ0v) is 16.3. The summed E-state index contributed by atoms with van der Waals surface area (Å²) in [6.07, 6.45) is 0.408. The third-order valence-electron chi connectivity index (χ3n) is 5.06. The summed E-state index contributed by atoms with van der Waals surface area (Å²) < 4.78 is 11.0. The Morgan fingerprint density at radius 2 is 1.68 bits per heavy atom. The van der Waals surface area contributed by atoms with Crippen LogP contribution in [0.5, 0.6) is 0 Å². The van der Waals surface area contributed by atoms with Crippen LogP contribution in [0.25, 0.3) is 0 Å². The number of nitrogens with one attached hydrogen (secondary N) is 1. The molecular formula is C23H27NO4. The van der Waals surface area contributed by atoms with Crippen LogP contribution in [0.1, 0.15) is 31.4 Å². The molecule has 5 heteroatoms. The quantitative estimate of drug-likeness (QED) is 0.733. The molecule has 2 aromatic rings. The highest BCUT2D eigenvalue weighted by Gasteiger charge is 2.40. The van der Waals surface area contributed by atoms with Crippen LogP contribution in [-0.2, 0) is 27.3 Å². The lowest BCUT2D eigenvalue weighted by molar-refractivity contribution is -0.145. The van der Waals surface area contributed by atoms with Crippen molar-refractivity contribution in [1.82, 2.24) is 5.32 Å². The van der Waals surface area contributed by atoms with E-state index in [1.54, 1.807) is 0 Å². The Hall–Kier alpha value is -2.82. The normalized spacial score (nSPS) is 19.9. The molecule has 0 unspecified atom stereocenters. The molecule has 0 aliphatic carbocycles. The van der Waals surface area contributed by atoms with Gasteiger partial charge in [0.15, 0.2) is 0 Å². The van der Waals surface area contributed by atoms with Gasteiger partial charge in [0.25, 0.3) is 0 Å². The molecule has 1 N–H and O–H groups in total. The molecule has 1 aliphatic heterocycles. The summed E-state index contributed by atoms with van der Waals surface area (Å²) in [5.41, 5.74) is 2.04. The SMILES string of the molecule is CC(C)[C@H](NC(=O)OCc1ccccc1)[C@@H]1C[C@H](Cc2ccccc2)C(=O)O1. The highest BCUT2D eigenvalue weighted by Crippen LogP contribution is 2.29. The van der Waals surface area contributed by atoms with Crippen molar-refractivity contribution in [3.8, 4) is 0 Å². The molecule has 1 heterocycles. The van der Waals surface area contributed by atoms with Crippen molar-refractivity contribution in [3.63, 3.8) is 0 Å². The summed E-state index contributed by atoms with van der Waals surface area (Å²) in [5.74, 6) is -0.271. The highest BCUT2D eigenvalue weighted by atomic mass is 16.6. The number of hydrogen-bond acceptors (Lipinski definition) is 4. The van der Waals surface area contributed by atoms with E-state index in [-0.39, 0.29) is 36.6 Å². The van der Waals surface area contributed by atoms with E-state index in [2.05, 4.69) is 5.32 Å². The van der Waals surface area contributed by atoms with Gasteiger partial charge in [0.1, 0.15) is 12.7 Å². The minimum atomic E-state index is -0.495. The number of benzene rings is 2. The first-order valence-corrected chi connectivity index (χ1v) is 9.74. The smallest absolute Gasteiger partial charge is 0.407 e. The monoisotopic (exact) mass is 381 g/mol. The third kappa shape index (κ3) is 5.35. The molecule has 148 valence electrons. The number of amides is 1. The van der Waals surface area contributed by atoms with Crippen LogP contribution in [0.2, 0.25) is 0 Å². The summed E-state index contributed by atoms with van der Waals surface area (Å²) in [6, 6.07) is 19.2. The Bertz CT molecular complexity index is 776. The van der Waals surface area contributed by atoms with E-state index < -0.39 is 6.09 Å². The van der Waals surface area contributed by atoms with Crippen LogP contribution in [0, 0.1) is 11.8 Å². The van der Waals surface area contributed by atoms with Gasteiger partial charge in [0.2, 0.25) is 0 Å². The molecule has 1 aliphatic rings. The second-order valence-electron chi connectivity index (χ2n) is 7.57. The Balaban J connectivity index is 1.56. The molecule has 1 fully saturated rings. The van der Waals surface area contributed by atoms with Crippen molar-refractivity contribution in [3.05, 3.63) is 71.8 Å². The maximum absolute atomic E-state index is 12.3. The van der Waals surface area contributed by atoms with Gasteiger partial charge in [-0.2, -0.15) is 0 Å². The van der Waals surface area contributed by atoms with Gasteiger partial charge >= 0.3 is 12.1 Å². The average Bonchev–Trinajstić information content (AvgIpc) is 3.06. The summed E-state index contributed by atoms with van der Waals surface area (Å²) >= 11 is 0. The van der Waals surface area contributed by atoms with E-state index in [1.165, 1.54) is 0 Å². The molecule has 0 aromatic heterocycles. The lowest BCUT2D eigenvalue weighted by Crippen LogP contribution is -2.46. The second-order valence-corrected chi connectivity index (χ2v) is 7.57. The van der Waals surface area contributed by atoms with Crippen LogP contribution >= 0.6 is 0 Å². The molecule has 0 radical (unpaired) electrons. The van der Waals surface area contributed by atoms with E-state index in [4.69, 9.17) is 9.47 Å². The van der Waals surface area contributed by atoms with Gasteiger partial charge in [-0.3, -0.25) is 4.79 Å².